The maximum Gasteiger partial charge on any atom is 0.390 e. The van der Waals surface area contributed by atoms with Gasteiger partial charge in [-0.05, 0) is 43.6 Å². The van der Waals surface area contributed by atoms with E-state index >= 15 is 0 Å². The molecule has 3 heterocycles. The van der Waals surface area contributed by atoms with Gasteiger partial charge in [0.05, 0.1) is 49.1 Å². The highest BCUT2D eigenvalue weighted by Crippen LogP contribution is 2.42. The lowest BCUT2D eigenvalue weighted by atomic mass is 9.81. The predicted octanol–water partition coefficient (Wildman–Crippen LogP) is 5.48. The van der Waals surface area contributed by atoms with Crippen LogP contribution in [0.15, 0.2) is 24.7 Å². The molecule has 3 aromatic rings. The lowest BCUT2D eigenvalue weighted by Gasteiger charge is -2.33. The van der Waals surface area contributed by atoms with Gasteiger partial charge in [-0.15, -0.1) is 5.10 Å². The van der Waals surface area contributed by atoms with Crippen LogP contribution >= 0.6 is 0 Å². The minimum atomic E-state index is -4.50. The second-order valence-corrected chi connectivity index (χ2v) is 11.6. The van der Waals surface area contributed by atoms with Crippen molar-refractivity contribution in [2.45, 2.75) is 94.7 Å². The van der Waals surface area contributed by atoms with Crippen molar-refractivity contribution in [3.8, 4) is 0 Å². The molecule has 2 amide bonds. The topological polar surface area (TPSA) is 119 Å². The summed E-state index contributed by atoms with van der Waals surface area (Å²) in [5.74, 6) is -4.83. The first-order valence-corrected chi connectivity index (χ1v) is 14.4. The first-order chi connectivity index (χ1) is 21.1. The van der Waals surface area contributed by atoms with Gasteiger partial charge in [0.2, 0.25) is 17.6 Å². The number of aryl methyl sites for hydroxylation is 1. The van der Waals surface area contributed by atoms with Crippen LogP contribution in [0.1, 0.15) is 91.7 Å². The zero-order chi connectivity index (χ0) is 32.6. The smallest absolute Gasteiger partial charge is 0.347 e. The van der Waals surface area contributed by atoms with Gasteiger partial charge in [-0.25, -0.2) is 23.4 Å². The van der Waals surface area contributed by atoms with Gasteiger partial charge in [0.25, 0.3) is 5.91 Å². The summed E-state index contributed by atoms with van der Waals surface area (Å²) in [7, 11) is 0. The Morgan fingerprint density at radius 1 is 0.911 bits per heavy atom. The molecule has 18 heteroatoms. The van der Waals surface area contributed by atoms with Crippen LogP contribution in [0.3, 0.4) is 0 Å². The highest BCUT2D eigenvalue weighted by molar-refractivity contribution is 5.92. The number of nitrogens with zero attached hydrogens (tertiary/aromatic N) is 6. The molecule has 0 aromatic carbocycles. The molecule has 3 aromatic heterocycles. The normalized spacial score (nSPS) is 18.9. The van der Waals surface area contributed by atoms with E-state index in [4.69, 9.17) is 0 Å². The summed E-state index contributed by atoms with van der Waals surface area (Å²) in [4.78, 5) is 34.6. The number of amides is 2. The Labute approximate surface area is 251 Å². The van der Waals surface area contributed by atoms with E-state index in [2.05, 4.69) is 30.9 Å². The van der Waals surface area contributed by atoms with Gasteiger partial charge >= 0.3 is 12.4 Å². The quantitative estimate of drug-likeness (QED) is 0.266. The standard InChI is InChI=1S/C27H30F8N8O2/c28-25(29)7-3-16(4-8-25)22(40-23(45)19-13-36-41-43(19)12-10-27(33,34)35)18-14-42-11-6-17(37-24(42)38-18)21(15-1-2-15)39-20(44)5-9-26(30,31)32/h6,11,13-16,21-22H,1-5,7-10,12H2,(H,39,44)(H,40,45). The molecule has 2 aliphatic rings. The molecule has 0 bridgehead atoms. The number of hydrogen-bond acceptors (Lipinski definition) is 6. The molecule has 2 saturated carbocycles. The molecule has 0 radical (unpaired) electrons. The average molecular weight is 651 g/mol. The Balaban J connectivity index is 1.39. The molecule has 10 nitrogen and oxygen atoms in total. The molecule has 0 saturated heterocycles. The average Bonchev–Trinajstić information content (AvgIpc) is 3.52. The minimum absolute atomic E-state index is 0.0176. The third-order valence-electron chi connectivity index (χ3n) is 8.03. The number of carbonyl (C=O) groups excluding carboxylic acids is 2. The van der Waals surface area contributed by atoms with E-state index in [9.17, 15) is 44.7 Å². The molecule has 2 fully saturated rings. The second kappa shape index (κ2) is 12.5. The van der Waals surface area contributed by atoms with Crippen molar-refractivity contribution in [3.05, 3.63) is 41.7 Å². The molecule has 5 rings (SSSR count). The first-order valence-electron chi connectivity index (χ1n) is 14.4. The molecule has 0 spiro atoms. The Kier molecular flexibility index (Phi) is 9.04. The molecular formula is C27H30F8N8O2. The highest BCUT2D eigenvalue weighted by atomic mass is 19.4. The number of hydrogen-bond donors (Lipinski definition) is 2. The van der Waals surface area contributed by atoms with Crippen molar-refractivity contribution in [1.82, 2.24) is 40.0 Å². The van der Waals surface area contributed by atoms with Gasteiger partial charge in [-0.3, -0.25) is 14.0 Å². The number of imidazole rings is 1. The van der Waals surface area contributed by atoms with E-state index in [0.717, 1.165) is 23.7 Å². The van der Waals surface area contributed by atoms with E-state index in [1.807, 2.05) is 0 Å². The van der Waals surface area contributed by atoms with E-state index in [-0.39, 0.29) is 35.9 Å². The number of rotatable bonds is 11. The maximum atomic E-state index is 14.0. The number of fused-ring (bicyclic) bond motifs is 1. The SMILES string of the molecule is O=C(CCC(F)(F)F)NC(c1ccn2cc(C(NC(=O)c3cnnn3CCC(F)(F)F)C3CCC(F)(F)CC3)nc2n1)C1CC1. The Morgan fingerprint density at radius 3 is 2.18 bits per heavy atom. The Bertz CT molecular complexity index is 1500. The largest absolute Gasteiger partial charge is 0.390 e. The van der Waals surface area contributed by atoms with E-state index in [1.54, 1.807) is 12.3 Å². The van der Waals surface area contributed by atoms with Crippen molar-refractivity contribution in [2.75, 3.05) is 0 Å². The number of nitrogens with one attached hydrogen (secondary N) is 2. The molecule has 2 N–H and O–H groups in total. The van der Waals surface area contributed by atoms with Crippen molar-refractivity contribution in [2.24, 2.45) is 11.8 Å². The molecule has 0 aliphatic heterocycles. The lowest BCUT2D eigenvalue weighted by Crippen LogP contribution is -2.38. The fourth-order valence-corrected chi connectivity index (χ4v) is 5.47. The third kappa shape index (κ3) is 8.65. The van der Waals surface area contributed by atoms with Crippen LogP contribution in [0.2, 0.25) is 0 Å². The Morgan fingerprint density at radius 2 is 1.53 bits per heavy atom. The summed E-state index contributed by atoms with van der Waals surface area (Å²) in [5.41, 5.74) is 0.387. The van der Waals surface area contributed by atoms with Crippen LogP contribution in [-0.2, 0) is 11.3 Å². The van der Waals surface area contributed by atoms with Gasteiger partial charge in [-0.2, -0.15) is 26.3 Å². The van der Waals surface area contributed by atoms with Crippen LogP contribution in [0, 0.1) is 11.8 Å². The molecule has 2 atom stereocenters. The van der Waals surface area contributed by atoms with Crippen LogP contribution in [0.5, 0.6) is 0 Å². The van der Waals surface area contributed by atoms with Gasteiger partial charge in [0.1, 0.15) is 5.69 Å². The molecule has 246 valence electrons. The van der Waals surface area contributed by atoms with Crippen molar-refractivity contribution < 1.29 is 44.7 Å². The maximum absolute atomic E-state index is 14.0. The molecule has 45 heavy (non-hydrogen) atoms. The van der Waals surface area contributed by atoms with Gasteiger partial charge in [0, 0.05) is 31.7 Å². The third-order valence-corrected chi connectivity index (χ3v) is 8.03. The van der Waals surface area contributed by atoms with Crippen molar-refractivity contribution in [1.29, 1.82) is 0 Å². The number of alkyl halides is 8. The molecule has 2 unspecified atom stereocenters. The summed E-state index contributed by atoms with van der Waals surface area (Å²) >= 11 is 0. The van der Waals surface area contributed by atoms with Crippen LogP contribution < -0.4 is 10.6 Å². The highest BCUT2D eigenvalue weighted by Gasteiger charge is 2.40. The first kappa shape index (κ1) is 32.5. The van der Waals surface area contributed by atoms with Gasteiger partial charge < -0.3 is 10.6 Å². The van der Waals surface area contributed by atoms with E-state index in [1.165, 1.54) is 10.6 Å². The molecule has 2 aliphatic carbocycles. The summed E-state index contributed by atoms with van der Waals surface area (Å²) in [5, 5.41) is 12.5. The lowest BCUT2D eigenvalue weighted by molar-refractivity contribution is -0.144. The van der Waals surface area contributed by atoms with Crippen LogP contribution in [0.25, 0.3) is 5.78 Å². The summed E-state index contributed by atoms with van der Waals surface area (Å²) < 4.78 is 106. The van der Waals surface area contributed by atoms with Crippen molar-refractivity contribution in [3.63, 3.8) is 0 Å². The van der Waals surface area contributed by atoms with Crippen LogP contribution in [-0.4, -0.2) is 59.5 Å². The Hall–Kier alpha value is -3.86. The van der Waals surface area contributed by atoms with E-state index in [0.29, 0.717) is 5.69 Å². The zero-order valence-corrected chi connectivity index (χ0v) is 23.7. The second-order valence-electron chi connectivity index (χ2n) is 11.6. The predicted molar refractivity (Wildman–Crippen MR) is 140 cm³/mol. The number of aromatic nitrogens is 6. The summed E-state index contributed by atoms with van der Waals surface area (Å²) in [6.07, 6.45) is -7.39. The van der Waals surface area contributed by atoms with Gasteiger partial charge in [0.15, 0.2) is 0 Å². The summed E-state index contributed by atoms with van der Waals surface area (Å²) in [6, 6.07) is 0.0212. The zero-order valence-electron chi connectivity index (χ0n) is 23.7. The van der Waals surface area contributed by atoms with E-state index < -0.39 is 86.7 Å². The summed E-state index contributed by atoms with van der Waals surface area (Å²) in [6.45, 7) is -0.650. The monoisotopic (exact) mass is 650 g/mol. The number of halogens is 8. The van der Waals surface area contributed by atoms with Crippen molar-refractivity contribution >= 4 is 17.6 Å². The fourth-order valence-electron chi connectivity index (χ4n) is 5.47. The number of carbonyl (C=O) groups is 2. The van der Waals surface area contributed by atoms with Gasteiger partial charge in [-0.1, -0.05) is 5.21 Å². The van der Waals surface area contributed by atoms with Crippen LogP contribution in [0.4, 0.5) is 35.1 Å². The minimum Gasteiger partial charge on any atom is -0.347 e. The fraction of sp³-hybridized carbons (Fsp3) is 0.630. The molecular weight excluding hydrogens is 620 g/mol.